The standard InChI is InChI=1S/C63H70BN3/c1-41-35-49-50(63(13,14)34-33-62(49,11)12)40-55(41)67-54-32-28-44(61(8,9)10)37-52(54)64-51-36-43(60(5,6)7)27-31-53(51)66(47-29-25-42(26-30-47)59(2,3)4)56-38-48(39-57(67)58(56)64)65(45-21-17-15-18-22-45)46-23-19-16-20-24-46/h15-32,35-40H,33-34H2,1-14H3. The lowest BCUT2D eigenvalue weighted by Gasteiger charge is -2.47. The SMILES string of the molecule is Cc1cc2c(cc1N1c3ccc(C(C)(C)C)cc3B3c4cc(C(C)(C)C)ccc4N(c4ccc(C(C)(C)C)cc4)c4cc(N(c5ccccc5)c5ccccc5)cc1c43)C(C)(C)CCC2(C)C. The number of para-hydroxylation sites is 2. The average Bonchev–Trinajstić information content (AvgIpc) is 3.27. The topological polar surface area (TPSA) is 9.72 Å². The van der Waals surface area contributed by atoms with Crippen molar-refractivity contribution in [2.45, 2.75) is 137 Å². The van der Waals surface area contributed by atoms with Crippen molar-refractivity contribution in [3.05, 3.63) is 179 Å². The van der Waals surface area contributed by atoms with Crippen LogP contribution in [0, 0.1) is 6.92 Å². The molecule has 2 heterocycles. The van der Waals surface area contributed by atoms with E-state index in [0.29, 0.717) is 0 Å². The van der Waals surface area contributed by atoms with Crippen LogP contribution >= 0.6 is 0 Å². The number of hydrogen-bond donors (Lipinski definition) is 0. The summed E-state index contributed by atoms with van der Waals surface area (Å²) in [6.45, 7) is 33.2. The molecule has 7 aromatic carbocycles. The Bertz CT molecular complexity index is 2990. The number of anilines is 9. The Hall–Kier alpha value is -6.00. The van der Waals surface area contributed by atoms with E-state index in [4.69, 9.17) is 0 Å². The highest BCUT2D eigenvalue weighted by atomic mass is 15.2. The average molecular weight is 880 g/mol. The molecule has 0 unspecified atom stereocenters. The van der Waals surface area contributed by atoms with Gasteiger partial charge in [-0.25, -0.2) is 0 Å². The Morgan fingerprint density at radius 3 is 1.34 bits per heavy atom. The fourth-order valence-electron chi connectivity index (χ4n) is 11.3. The summed E-state index contributed by atoms with van der Waals surface area (Å²) in [6.07, 6.45) is 2.34. The molecule has 10 rings (SSSR count). The molecule has 3 aliphatic rings. The fraction of sp³-hybridized carbons (Fsp3) is 0.333. The van der Waals surface area contributed by atoms with Crippen LogP contribution in [-0.4, -0.2) is 6.71 Å². The van der Waals surface area contributed by atoms with Crippen molar-refractivity contribution < 1.29 is 0 Å². The van der Waals surface area contributed by atoms with Crippen LogP contribution < -0.4 is 31.1 Å². The molecule has 0 saturated carbocycles. The molecule has 0 radical (unpaired) electrons. The van der Waals surface area contributed by atoms with Gasteiger partial charge in [0.1, 0.15) is 0 Å². The quantitative estimate of drug-likeness (QED) is 0.160. The first kappa shape index (κ1) is 44.8. The number of nitrogens with zero attached hydrogens (tertiary/aromatic N) is 3. The molecule has 7 aromatic rings. The Kier molecular flexibility index (Phi) is 10.4. The molecule has 0 N–H and O–H groups in total. The van der Waals surface area contributed by atoms with Crippen LogP contribution in [0.25, 0.3) is 0 Å². The van der Waals surface area contributed by atoms with Crippen molar-refractivity contribution in [2.24, 2.45) is 0 Å². The lowest BCUT2D eigenvalue weighted by atomic mass is 9.33. The minimum absolute atomic E-state index is 0.00907. The number of fused-ring (bicyclic) bond motifs is 5. The number of aryl methyl sites for hydroxylation is 1. The molecular formula is C63H70BN3. The Labute approximate surface area is 403 Å². The van der Waals surface area contributed by atoms with Crippen LogP contribution in [0.1, 0.15) is 136 Å². The van der Waals surface area contributed by atoms with Gasteiger partial charge in [0.15, 0.2) is 0 Å². The Balaban J connectivity index is 1.37. The van der Waals surface area contributed by atoms with Gasteiger partial charge in [-0.05, 0) is 163 Å². The zero-order chi connectivity index (χ0) is 47.6. The first-order valence-corrected chi connectivity index (χ1v) is 24.8. The molecule has 2 aliphatic heterocycles. The van der Waals surface area contributed by atoms with E-state index < -0.39 is 0 Å². The molecule has 67 heavy (non-hydrogen) atoms. The molecule has 3 nitrogen and oxygen atoms in total. The minimum Gasteiger partial charge on any atom is -0.311 e. The third-order valence-electron chi connectivity index (χ3n) is 15.5. The summed E-state index contributed by atoms with van der Waals surface area (Å²) in [4.78, 5) is 7.71. The maximum absolute atomic E-state index is 2.67. The van der Waals surface area contributed by atoms with E-state index >= 15 is 0 Å². The summed E-state index contributed by atoms with van der Waals surface area (Å²) in [7, 11) is 0. The van der Waals surface area contributed by atoms with Gasteiger partial charge in [0.2, 0.25) is 0 Å². The van der Waals surface area contributed by atoms with E-state index in [1.54, 1.807) is 0 Å². The molecule has 0 fully saturated rings. The van der Waals surface area contributed by atoms with Crippen molar-refractivity contribution in [2.75, 3.05) is 14.7 Å². The van der Waals surface area contributed by atoms with Gasteiger partial charge in [-0.15, -0.1) is 0 Å². The first-order valence-electron chi connectivity index (χ1n) is 24.8. The second kappa shape index (κ2) is 15.5. The molecule has 0 spiro atoms. The molecule has 1 aliphatic carbocycles. The first-order chi connectivity index (χ1) is 31.5. The predicted octanol–water partition coefficient (Wildman–Crippen LogP) is 15.8. The van der Waals surface area contributed by atoms with Crippen LogP contribution in [0.4, 0.5) is 51.2 Å². The maximum Gasteiger partial charge on any atom is 0.252 e. The van der Waals surface area contributed by atoms with Gasteiger partial charge < -0.3 is 14.7 Å². The summed E-state index contributed by atoms with van der Waals surface area (Å²) in [5.74, 6) is 0. The molecule has 0 saturated heterocycles. The number of hydrogen-bond acceptors (Lipinski definition) is 3. The van der Waals surface area contributed by atoms with Crippen molar-refractivity contribution in [3.63, 3.8) is 0 Å². The largest absolute Gasteiger partial charge is 0.311 e. The second-order valence-corrected chi connectivity index (χ2v) is 24.3. The molecule has 0 bridgehead atoms. The second-order valence-electron chi connectivity index (χ2n) is 24.3. The summed E-state index contributed by atoms with van der Waals surface area (Å²) in [5, 5.41) is 0. The normalized spacial score (nSPS) is 15.9. The van der Waals surface area contributed by atoms with Crippen LogP contribution in [0.5, 0.6) is 0 Å². The Morgan fingerprint density at radius 2 is 0.866 bits per heavy atom. The van der Waals surface area contributed by atoms with Crippen LogP contribution in [0.3, 0.4) is 0 Å². The lowest BCUT2D eigenvalue weighted by Crippen LogP contribution is -2.61. The summed E-state index contributed by atoms with van der Waals surface area (Å²) < 4.78 is 0. The van der Waals surface area contributed by atoms with Gasteiger partial charge in [0.05, 0.1) is 5.69 Å². The van der Waals surface area contributed by atoms with E-state index in [-0.39, 0.29) is 33.8 Å². The fourth-order valence-corrected chi connectivity index (χ4v) is 11.3. The van der Waals surface area contributed by atoms with Gasteiger partial charge >= 0.3 is 0 Å². The van der Waals surface area contributed by atoms with Gasteiger partial charge in [-0.3, -0.25) is 0 Å². The van der Waals surface area contributed by atoms with Crippen LogP contribution in [0.15, 0.2) is 146 Å². The zero-order valence-corrected chi connectivity index (χ0v) is 42.7. The summed E-state index contributed by atoms with van der Waals surface area (Å²) in [6, 6.07) is 56.2. The van der Waals surface area contributed by atoms with Gasteiger partial charge in [-0.1, -0.05) is 169 Å². The van der Waals surface area contributed by atoms with E-state index in [0.717, 1.165) is 29.2 Å². The monoisotopic (exact) mass is 880 g/mol. The molecular weight excluding hydrogens is 810 g/mol. The van der Waals surface area contributed by atoms with Crippen LogP contribution in [0.2, 0.25) is 0 Å². The zero-order valence-electron chi connectivity index (χ0n) is 42.7. The predicted molar refractivity (Wildman–Crippen MR) is 291 cm³/mol. The lowest BCUT2D eigenvalue weighted by molar-refractivity contribution is 0.332. The van der Waals surface area contributed by atoms with Crippen molar-refractivity contribution in [1.82, 2.24) is 0 Å². The molecule has 0 amide bonds. The van der Waals surface area contributed by atoms with E-state index in [1.165, 1.54) is 84.6 Å². The van der Waals surface area contributed by atoms with E-state index in [1.807, 2.05) is 0 Å². The highest BCUT2D eigenvalue weighted by Gasteiger charge is 2.46. The third kappa shape index (κ3) is 7.60. The van der Waals surface area contributed by atoms with E-state index in [2.05, 4.69) is 257 Å². The summed E-state index contributed by atoms with van der Waals surface area (Å²) >= 11 is 0. The van der Waals surface area contributed by atoms with Crippen molar-refractivity contribution >= 4 is 74.3 Å². The van der Waals surface area contributed by atoms with Gasteiger partial charge in [-0.2, -0.15) is 0 Å². The minimum atomic E-state index is -0.0401. The van der Waals surface area contributed by atoms with Crippen LogP contribution in [-0.2, 0) is 27.1 Å². The maximum atomic E-state index is 2.67. The van der Waals surface area contributed by atoms with E-state index in [9.17, 15) is 0 Å². The van der Waals surface area contributed by atoms with Gasteiger partial charge in [0, 0.05) is 45.5 Å². The molecule has 0 aromatic heterocycles. The Morgan fingerprint density at radius 1 is 0.433 bits per heavy atom. The molecule has 4 heteroatoms. The number of rotatable bonds is 5. The number of benzene rings is 7. The molecule has 0 atom stereocenters. The highest BCUT2D eigenvalue weighted by molar-refractivity contribution is 7.00. The smallest absolute Gasteiger partial charge is 0.252 e. The van der Waals surface area contributed by atoms with Crippen molar-refractivity contribution in [3.8, 4) is 0 Å². The third-order valence-corrected chi connectivity index (χ3v) is 15.5. The van der Waals surface area contributed by atoms with Crippen molar-refractivity contribution in [1.29, 1.82) is 0 Å². The summed E-state index contributed by atoms with van der Waals surface area (Å²) in [5.41, 5.74) is 23.2. The highest BCUT2D eigenvalue weighted by Crippen LogP contribution is 2.52. The van der Waals surface area contributed by atoms with Gasteiger partial charge in [0.25, 0.3) is 6.71 Å². The molecule has 340 valence electrons.